The highest BCUT2D eigenvalue weighted by Gasteiger charge is 2.15. The van der Waals surface area contributed by atoms with E-state index in [4.69, 9.17) is 13.8 Å². The molecule has 0 aromatic heterocycles. The Morgan fingerprint density at radius 1 is 0.955 bits per heavy atom. The molecule has 4 nitrogen and oxygen atoms in total. The Hall–Kier alpha value is -2.32. The summed E-state index contributed by atoms with van der Waals surface area (Å²) in [5.74, 6) is 0.994. The van der Waals surface area contributed by atoms with Crippen LogP contribution in [0.15, 0.2) is 73.3 Å². The van der Waals surface area contributed by atoms with Gasteiger partial charge in [-0.05, 0) is 24.3 Å². The van der Waals surface area contributed by atoms with Gasteiger partial charge in [0.1, 0.15) is 18.1 Å². The number of para-hydroxylation sites is 2. The van der Waals surface area contributed by atoms with Crippen LogP contribution in [0.1, 0.15) is 0 Å². The molecule has 0 saturated heterocycles. The van der Waals surface area contributed by atoms with Crippen LogP contribution in [-0.2, 0) is 9.53 Å². The molecule has 0 radical (unpaired) electrons. The third kappa shape index (κ3) is 5.58. The summed E-state index contributed by atoms with van der Waals surface area (Å²) in [6.45, 7) is 3.58. The molecule has 0 fully saturated rings. The van der Waals surface area contributed by atoms with E-state index >= 15 is 0 Å². The van der Waals surface area contributed by atoms with Gasteiger partial charge in [-0.25, -0.2) is 4.79 Å². The van der Waals surface area contributed by atoms with Crippen LogP contribution in [0.25, 0.3) is 0 Å². The van der Waals surface area contributed by atoms with Crippen LogP contribution < -0.4 is 9.05 Å². The third-order valence-corrected chi connectivity index (χ3v) is 3.96. The van der Waals surface area contributed by atoms with Crippen molar-refractivity contribution in [3.05, 3.63) is 73.3 Å². The molecule has 2 aromatic carbocycles. The number of rotatable bonds is 8. The normalized spacial score (nSPS) is 10.0. The lowest BCUT2D eigenvalue weighted by atomic mass is 10.3. The maximum Gasteiger partial charge on any atom is 0.330 e. The van der Waals surface area contributed by atoms with Gasteiger partial charge in [0.25, 0.3) is 8.38 Å². The topological polar surface area (TPSA) is 44.8 Å². The maximum atomic E-state index is 11.1. The van der Waals surface area contributed by atoms with Crippen LogP contribution >= 0.6 is 8.38 Å². The molecule has 0 spiro atoms. The number of carbonyl (C=O) groups excluding carboxylic acids is 1. The lowest BCUT2D eigenvalue weighted by Crippen LogP contribution is -2.09. The number of esters is 1. The van der Waals surface area contributed by atoms with Crippen LogP contribution in [0.4, 0.5) is 0 Å². The predicted molar refractivity (Wildman–Crippen MR) is 87.1 cm³/mol. The fourth-order valence-corrected chi connectivity index (χ4v) is 2.76. The SMILES string of the molecule is C=CC(=O)OCCP(Oc1ccccc1)Oc1ccccc1. The summed E-state index contributed by atoms with van der Waals surface area (Å²) in [6.07, 6.45) is 1.61. The van der Waals surface area contributed by atoms with E-state index in [1.54, 1.807) is 0 Å². The minimum Gasteiger partial charge on any atom is -0.462 e. The molecule has 0 saturated carbocycles. The summed E-state index contributed by atoms with van der Waals surface area (Å²) >= 11 is 0. The van der Waals surface area contributed by atoms with Crippen molar-refractivity contribution in [2.24, 2.45) is 0 Å². The zero-order valence-electron chi connectivity index (χ0n) is 12.1. The van der Waals surface area contributed by atoms with E-state index in [0.29, 0.717) is 6.16 Å². The molecule has 0 amide bonds. The Morgan fingerprint density at radius 3 is 1.91 bits per heavy atom. The number of ether oxygens (including phenoxy) is 1. The highest BCUT2D eigenvalue weighted by Crippen LogP contribution is 2.39. The van der Waals surface area contributed by atoms with Gasteiger partial charge >= 0.3 is 5.97 Å². The lowest BCUT2D eigenvalue weighted by molar-refractivity contribution is -0.137. The highest BCUT2D eigenvalue weighted by atomic mass is 31.2. The van der Waals surface area contributed by atoms with Crippen LogP contribution in [0.2, 0.25) is 0 Å². The summed E-state index contributed by atoms with van der Waals surface area (Å²) < 4.78 is 16.7. The summed E-state index contributed by atoms with van der Waals surface area (Å²) in [6, 6.07) is 18.8. The van der Waals surface area contributed by atoms with E-state index in [0.717, 1.165) is 17.6 Å². The molecular formula is C17H17O4P. The second-order valence-electron chi connectivity index (χ2n) is 4.24. The zero-order valence-corrected chi connectivity index (χ0v) is 12.9. The molecular weight excluding hydrogens is 299 g/mol. The first-order valence-corrected chi connectivity index (χ1v) is 8.17. The fourth-order valence-electron chi connectivity index (χ4n) is 1.59. The average molecular weight is 316 g/mol. The molecule has 0 unspecified atom stereocenters. The number of hydrogen-bond donors (Lipinski definition) is 0. The van der Waals surface area contributed by atoms with E-state index in [1.165, 1.54) is 0 Å². The van der Waals surface area contributed by atoms with Crippen molar-refractivity contribution in [1.29, 1.82) is 0 Å². The summed E-state index contributed by atoms with van der Waals surface area (Å²) in [4.78, 5) is 11.1. The van der Waals surface area contributed by atoms with Gasteiger partial charge < -0.3 is 13.8 Å². The summed E-state index contributed by atoms with van der Waals surface area (Å²) in [5.41, 5.74) is 0. The van der Waals surface area contributed by atoms with Crippen molar-refractivity contribution in [3.8, 4) is 11.5 Å². The quantitative estimate of drug-likeness (QED) is 0.416. The lowest BCUT2D eigenvalue weighted by Gasteiger charge is -2.18. The van der Waals surface area contributed by atoms with Crippen LogP contribution in [-0.4, -0.2) is 18.7 Å². The summed E-state index contributed by atoms with van der Waals surface area (Å²) in [7, 11) is -1.26. The second-order valence-corrected chi connectivity index (χ2v) is 5.71. The molecule has 0 aliphatic rings. The molecule has 114 valence electrons. The summed E-state index contributed by atoms with van der Waals surface area (Å²) in [5, 5.41) is 0. The molecule has 0 bridgehead atoms. The van der Waals surface area contributed by atoms with Crippen LogP contribution in [0.5, 0.6) is 11.5 Å². The van der Waals surface area contributed by atoms with E-state index in [2.05, 4.69) is 6.58 Å². The van der Waals surface area contributed by atoms with Crippen molar-refractivity contribution in [3.63, 3.8) is 0 Å². The van der Waals surface area contributed by atoms with Crippen molar-refractivity contribution < 1.29 is 18.6 Å². The zero-order chi connectivity index (χ0) is 15.6. The van der Waals surface area contributed by atoms with Gasteiger partial charge in [0.05, 0.1) is 6.16 Å². The van der Waals surface area contributed by atoms with Crippen LogP contribution in [0, 0.1) is 0 Å². The van der Waals surface area contributed by atoms with Crippen molar-refractivity contribution in [1.82, 2.24) is 0 Å². The van der Waals surface area contributed by atoms with Crippen molar-refractivity contribution in [2.45, 2.75) is 0 Å². The Balaban J connectivity index is 1.96. The molecule has 0 aliphatic heterocycles. The van der Waals surface area contributed by atoms with Gasteiger partial charge in [-0.3, -0.25) is 0 Å². The first kappa shape index (κ1) is 16.1. The Morgan fingerprint density at radius 2 is 1.45 bits per heavy atom. The Bertz CT molecular complexity index is 545. The van der Waals surface area contributed by atoms with Crippen molar-refractivity contribution in [2.75, 3.05) is 12.8 Å². The second kappa shape index (κ2) is 8.85. The average Bonchev–Trinajstić information content (AvgIpc) is 2.56. The molecule has 0 heterocycles. The minimum atomic E-state index is -1.26. The third-order valence-electron chi connectivity index (χ3n) is 2.59. The van der Waals surface area contributed by atoms with Gasteiger partial charge in [0, 0.05) is 6.08 Å². The van der Waals surface area contributed by atoms with E-state index < -0.39 is 14.3 Å². The van der Waals surface area contributed by atoms with E-state index in [9.17, 15) is 4.79 Å². The smallest absolute Gasteiger partial charge is 0.330 e. The molecule has 2 rings (SSSR count). The predicted octanol–water partition coefficient (Wildman–Crippen LogP) is 4.19. The number of carbonyl (C=O) groups is 1. The van der Waals surface area contributed by atoms with Crippen molar-refractivity contribution >= 4 is 14.3 Å². The minimum absolute atomic E-state index is 0.218. The molecule has 2 aromatic rings. The van der Waals surface area contributed by atoms with Gasteiger partial charge in [0.2, 0.25) is 0 Å². The molecule has 22 heavy (non-hydrogen) atoms. The number of hydrogen-bond acceptors (Lipinski definition) is 4. The van der Waals surface area contributed by atoms with Gasteiger partial charge in [-0.1, -0.05) is 43.0 Å². The molecule has 0 aliphatic carbocycles. The van der Waals surface area contributed by atoms with E-state index in [1.807, 2.05) is 60.7 Å². The first-order valence-electron chi connectivity index (χ1n) is 6.80. The maximum absolute atomic E-state index is 11.1. The fraction of sp³-hybridized carbons (Fsp3) is 0.118. The molecule has 0 atom stereocenters. The van der Waals surface area contributed by atoms with E-state index in [-0.39, 0.29) is 6.61 Å². The Labute approximate surface area is 131 Å². The Kier molecular flexibility index (Phi) is 6.46. The largest absolute Gasteiger partial charge is 0.462 e. The standard InChI is InChI=1S/C17H17O4P/c1-2-17(18)19-13-14-22(20-15-9-5-3-6-10-15)21-16-11-7-4-8-12-16/h2-12H,1,13-14H2. The molecule has 5 heteroatoms. The van der Waals surface area contributed by atoms with Gasteiger partial charge in [-0.2, -0.15) is 0 Å². The van der Waals surface area contributed by atoms with Gasteiger partial charge in [-0.15, -0.1) is 0 Å². The number of benzene rings is 2. The first-order chi connectivity index (χ1) is 10.8. The van der Waals surface area contributed by atoms with Crippen LogP contribution in [0.3, 0.4) is 0 Å². The monoisotopic (exact) mass is 316 g/mol. The highest BCUT2D eigenvalue weighted by molar-refractivity contribution is 7.48. The molecule has 0 N–H and O–H groups in total. The van der Waals surface area contributed by atoms with Gasteiger partial charge in [0.15, 0.2) is 0 Å².